The molecule has 0 atom stereocenters. The summed E-state index contributed by atoms with van der Waals surface area (Å²) >= 11 is 2.76. The van der Waals surface area contributed by atoms with Gasteiger partial charge in [-0.1, -0.05) is 11.8 Å². The number of anilines is 1. The smallest absolute Gasteiger partial charge is 0.262 e. The molecule has 1 amide bonds. The monoisotopic (exact) mass is 377 g/mol. The number of amides is 1. The Morgan fingerprint density at radius 3 is 2.68 bits per heavy atom. The number of fused-ring (bicyclic) bond motifs is 1. The second kappa shape index (κ2) is 6.64. The molecule has 3 heterocycles. The Bertz CT molecular complexity index is 1030. The molecule has 25 heavy (non-hydrogen) atoms. The summed E-state index contributed by atoms with van der Waals surface area (Å²) in [7, 11) is 3.46. The van der Waals surface area contributed by atoms with E-state index in [1.54, 1.807) is 24.8 Å². The highest BCUT2D eigenvalue weighted by molar-refractivity contribution is 7.99. The zero-order chi connectivity index (χ0) is 18.3. The van der Waals surface area contributed by atoms with Crippen molar-refractivity contribution in [2.24, 2.45) is 14.1 Å². The van der Waals surface area contributed by atoms with Gasteiger partial charge in [-0.3, -0.25) is 18.8 Å². The van der Waals surface area contributed by atoms with Crippen LogP contribution in [-0.4, -0.2) is 31.0 Å². The summed E-state index contributed by atoms with van der Waals surface area (Å²) in [6.07, 6.45) is 0. The van der Waals surface area contributed by atoms with Gasteiger partial charge >= 0.3 is 0 Å². The van der Waals surface area contributed by atoms with E-state index in [0.29, 0.717) is 16.4 Å². The average molecular weight is 377 g/mol. The molecule has 0 aliphatic carbocycles. The number of hydrogen-bond acceptors (Lipinski definition) is 6. The molecule has 0 aromatic carbocycles. The topological polar surface area (TPSA) is 81.8 Å². The van der Waals surface area contributed by atoms with Gasteiger partial charge in [0.25, 0.3) is 5.56 Å². The van der Waals surface area contributed by atoms with E-state index in [9.17, 15) is 9.59 Å². The van der Waals surface area contributed by atoms with E-state index in [-0.39, 0.29) is 17.2 Å². The van der Waals surface area contributed by atoms with Gasteiger partial charge in [0.15, 0.2) is 5.16 Å². The van der Waals surface area contributed by atoms with Crippen LogP contribution < -0.4 is 10.9 Å². The second-order valence-corrected chi connectivity index (χ2v) is 8.00. The lowest BCUT2D eigenvalue weighted by Gasteiger charge is -2.08. The van der Waals surface area contributed by atoms with Gasteiger partial charge in [-0.05, 0) is 26.3 Å². The summed E-state index contributed by atoms with van der Waals surface area (Å²) in [6.45, 7) is 5.79. The minimum Gasteiger partial charge on any atom is -0.310 e. The number of thiophene rings is 1. The molecule has 3 aromatic heterocycles. The molecule has 1 N–H and O–H groups in total. The number of aromatic nitrogens is 4. The van der Waals surface area contributed by atoms with E-state index in [1.165, 1.54) is 27.7 Å². The number of carbonyl (C=O) groups is 1. The van der Waals surface area contributed by atoms with Crippen LogP contribution in [0.3, 0.4) is 0 Å². The van der Waals surface area contributed by atoms with Crippen molar-refractivity contribution < 1.29 is 4.79 Å². The third-order valence-electron chi connectivity index (χ3n) is 3.97. The molecule has 0 fully saturated rings. The molecule has 0 radical (unpaired) electrons. The number of hydrogen-bond donors (Lipinski definition) is 1. The number of rotatable bonds is 4. The highest BCUT2D eigenvalue weighted by Gasteiger charge is 2.16. The number of nitrogens with one attached hydrogen (secondary N) is 1. The minimum absolute atomic E-state index is 0.0722. The first-order chi connectivity index (χ1) is 11.8. The van der Waals surface area contributed by atoms with Gasteiger partial charge in [0.05, 0.1) is 16.8 Å². The van der Waals surface area contributed by atoms with Crippen LogP contribution in [0.4, 0.5) is 5.82 Å². The molecule has 0 spiro atoms. The van der Waals surface area contributed by atoms with Crippen LogP contribution in [0.2, 0.25) is 0 Å². The zero-order valence-corrected chi connectivity index (χ0v) is 16.3. The van der Waals surface area contributed by atoms with E-state index in [2.05, 4.69) is 15.4 Å². The molecule has 0 saturated carbocycles. The Morgan fingerprint density at radius 1 is 1.32 bits per heavy atom. The van der Waals surface area contributed by atoms with Gasteiger partial charge in [0.2, 0.25) is 5.91 Å². The summed E-state index contributed by atoms with van der Waals surface area (Å²) in [5.41, 5.74) is 1.74. The van der Waals surface area contributed by atoms with Crippen LogP contribution in [0, 0.1) is 20.8 Å². The lowest BCUT2D eigenvalue weighted by atomic mass is 10.2. The molecule has 132 valence electrons. The number of aryl methyl sites for hydroxylation is 4. The van der Waals surface area contributed by atoms with Crippen LogP contribution >= 0.6 is 23.1 Å². The Balaban J connectivity index is 1.79. The fourth-order valence-electron chi connectivity index (χ4n) is 2.52. The van der Waals surface area contributed by atoms with Gasteiger partial charge in [-0.15, -0.1) is 11.3 Å². The van der Waals surface area contributed by atoms with Crippen molar-refractivity contribution in [2.45, 2.75) is 25.9 Å². The van der Waals surface area contributed by atoms with Gasteiger partial charge in [-0.25, -0.2) is 4.98 Å². The Hall–Kier alpha value is -2.13. The van der Waals surface area contributed by atoms with Gasteiger partial charge in [-0.2, -0.15) is 5.10 Å². The van der Waals surface area contributed by atoms with Crippen molar-refractivity contribution in [1.29, 1.82) is 0 Å². The van der Waals surface area contributed by atoms with Crippen molar-refractivity contribution in [3.63, 3.8) is 0 Å². The molecule has 7 nitrogen and oxygen atoms in total. The number of carbonyl (C=O) groups excluding carboxylic acids is 1. The molecule has 0 aliphatic heterocycles. The quantitative estimate of drug-likeness (QED) is 0.558. The highest BCUT2D eigenvalue weighted by Crippen LogP contribution is 2.28. The summed E-state index contributed by atoms with van der Waals surface area (Å²) < 4.78 is 3.13. The lowest BCUT2D eigenvalue weighted by molar-refractivity contribution is -0.113. The third kappa shape index (κ3) is 3.34. The summed E-state index contributed by atoms with van der Waals surface area (Å²) in [5.74, 6) is 0.644. The molecule has 0 unspecified atom stereocenters. The predicted molar refractivity (Wildman–Crippen MR) is 102 cm³/mol. The maximum Gasteiger partial charge on any atom is 0.262 e. The van der Waals surface area contributed by atoms with Crippen LogP contribution in [-0.2, 0) is 18.9 Å². The minimum atomic E-state index is -0.166. The van der Waals surface area contributed by atoms with E-state index in [1.807, 2.05) is 20.8 Å². The highest BCUT2D eigenvalue weighted by atomic mass is 32.2. The van der Waals surface area contributed by atoms with Crippen molar-refractivity contribution >= 4 is 45.0 Å². The first-order valence-electron chi connectivity index (χ1n) is 7.68. The van der Waals surface area contributed by atoms with Gasteiger partial charge < -0.3 is 5.32 Å². The molecular formula is C16H19N5O2S2. The maximum atomic E-state index is 12.6. The predicted octanol–water partition coefficient (Wildman–Crippen LogP) is 2.38. The van der Waals surface area contributed by atoms with Crippen LogP contribution in [0.5, 0.6) is 0 Å². The third-order valence-corrected chi connectivity index (χ3v) is 6.10. The van der Waals surface area contributed by atoms with E-state index in [4.69, 9.17) is 0 Å². The fourth-order valence-corrected chi connectivity index (χ4v) is 4.36. The van der Waals surface area contributed by atoms with Gasteiger partial charge in [0, 0.05) is 25.0 Å². The molecule has 0 saturated heterocycles. The van der Waals surface area contributed by atoms with Crippen molar-refractivity contribution in [3.8, 4) is 0 Å². The lowest BCUT2D eigenvalue weighted by Crippen LogP contribution is -2.21. The summed E-state index contributed by atoms with van der Waals surface area (Å²) in [5, 5.41) is 8.21. The SMILES string of the molecule is Cc1cc(NC(=O)CSc2nc3sc(C)c(C)c3c(=O)n2C)n(C)n1. The van der Waals surface area contributed by atoms with E-state index < -0.39 is 0 Å². The Morgan fingerprint density at radius 2 is 2.04 bits per heavy atom. The Kier molecular flexibility index (Phi) is 4.70. The first-order valence-corrected chi connectivity index (χ1v) is 9.48. The normalized spacial score (nSPS) is 11.2. The van der Waals surface area contributed by atoms with Crippen LogP contribution in [0.15, 0.2) is 16.0 Å². The zero-order valence-electron chi connectivity index (χ0n) is 14.7. The van der Waals surface area contributed by atoms with Gasteiger partial charge in [0.1, 0.15) is 10.6 Å². The summed E-state index contributed by atoms with van der Waals surface area (Å²) in [6, 6.07) is 1.81. The van der Waals surface area contributed by atoms with Crippen molar-refractivity contribution in [3.05, 3.63) is 32.6 Å². The maximum absolute atomic E-state index is 12.6. The van der Waals surface area contributed by atoms with Crippen LogP contribution in [0.25, 0.3) is 10.2 Å². The van der Waals surface area contributed by atoms with E-state index >= 15 is 0 Å². The molecule has 9 heteroatoms. The number of thioether (sulfide) groups is 1. The number of nitrogens with zero attached hydrogens (tertiary/aromatic N) is 4. The summed E-state index contributed by atoms with van der Waals surface area (Å²) in [4.78, 5) is 31.1. The van der Waals surface area contributed by atoms with E-state index in [0.717, 1.165) is 21.0 Å². The van der Waals surface area contributed by atoms with Crippen molar-refractivity contribution in [1.82, 2.24) is 19.3 Å². The average Bonchev–Trinajstić information content (AvgIpc) is 3.00. The molecule has 3 aromatic rings. The molecular weight excluding hydrogens is 358 g/mol. The Labute approximate surface area is 153 Å². The largest absolute Gasteiger partial charge is 0.310 e. The molecule has 0 aliphatic rings. The standard InChI is InChI=1S/C16H19N5O2S2/c1-8-6-11(21(5)19-8)17-12(22)7-24-16-18-14-13(15(23)20(16)4)9(2)10(3)25-14/h6H,7H2,1-5H3,(H,17,22). The fraction of sp³-hybridized carbons (Fsp3) is 0.375. The molecule has 3 rings (SSSR count). The molecule has 0 bridgehead atoms. The van der Waals surface area contributed by atoms with Crippen molar-refractivity contribution in [2.75, 3.05) is 11.1 Å². The second-order valence-electron chi connectivity index (χ2n) is 5.85. The van der Waals surface area contributed by atoms with Crippen LogP contribution in [0.1, 0.15) is 16.1 Å². The first kappa shape index (κ1) is 17.7.